The maximum Gasteiger partial charge on any atom is 0.0549 e. The minimum atomic E-state index is 0.554. The smallest absolute Gasteiger partial charge is 0.0549 e. The fourth-order valence-electron chi connectivity index (χ4n) is 3.09. The molecule has 0 aliphatic heterocycles. The summed E-state index contributed by atoms with van der Waals surface area (Å²) in [4.78, 5) is 2.38. The number of rotatable bonds is 7. The van der Waals surface area contributed by atoms with Gasteiger partial charge in [0.2, 0.25) is 0 Å². The van der Waals surface area contributed by atoms with Crippen molar-refractivity contribution in [1.82, 2.24) is 0 Å². The van der Waals surface area contributed by atoms with Crippen molar-refractivity contribution >= 4 is 23.0 Å². The van der Waals surface area contributed by atoms with E-state index in [0.717, 1.165) is 42.9 Å². The Kier molecular flexibility index (Phi) is 6.95. The molecular weight excluding hydrogens is 318 g/mol. The number of anilines is 2. The van der Waals surface area contributed by atoms with Crippen LogP contribution in [-0.2, 0) is 0 Å². The highest BCUT2D eigenvalue weighted by atomic mass is 35.5. The first-order valence-electron chi connectivity index (χ1n) is 8.60. The fraction of sp³-hybridized carbons (Fsp3) is 0.400. The van der Waals surface area contributed by atoms with E-state index in [1.54, 1.807) is 0 Å². The van der Waals surface area contributed by atoms with Crippen LogP contribution in [0.2, 0.25) is 5.02 Å². The summed E-state index contributed by atoms with van der Waals surface area (Å²) in [5.74, 6) is 6.17. The highest BCUT2D eigenvalue weighted by Gasteiger charge is 2.15. The van der Waals surface area contributed by atoms with Gasteiger partial charge in [0, 0.05) is 23.8 Å². The van der Waals surface area contributed by atoms with E-state index in [1.807, 2.05) is 12.1 Å². The predicted octanol–water partition coefficient (Wildman–Crippen LogP) is 5.23. The van der Waals surface area contributed by atoms with Crippen LogP contribution in [0.15, 0.2) is 48.1 Å². The second kappa shape index (κ2) is 8.95. The third kappa shape index (κ3) is 4.65. The number of hydrogen-bond donors (Lipinski definition) is 2. The zero-order valence-corrected chi connectivity index (χ0v) is 15.6. The number of nitrogens with two attached hydrogens (primary N) is 1. The van der Waals surface area contributed by atoms with Crippen LogP contribution in [0.25, 0.3) is 0 Å². The van der Waals surface area contributed by atoms with Crippen molar-refractivity contribution in [3.05, 3.63) is 58.7 Å². The number of nitrogens with zero attached hydrogens (tertiary/aromatic N) is 1. The first kappa shape index (κ1) is 18.6. The summed E-state index contributed by atoms with van der Waals surface area (Å²) in [6, 6.07) is 3.90. The molecule has 0 radical (unpaired) electrons. The van der Waals surface area contributed by atoms with Gasteiger partial charge in [-0.05, 0) is 50.3 Å². The van der Waals surface area contributed by atoms with Crippen LogP contribution >= 0.6 is 11.6 Å². The number of benzene rings is 1. The van der Waals surface area contributed by atoms with Crippen molar-refractivity contribution in [3.8, 4) is 0 Å². The second-order valence-electron chi connectivity index (χ2n) is 6.27. The first-order chi connectivity index (χ1) is 11.6. The number of hydrazine groups is 1. The molecule has 3 N–H and O–H groups in total. The van der Waals surface area contributed by atoms with Crippen LogP contribution in [-0.4, -0.2) is 13.1 Å². The minimum absolute atomic E-state index is 0.554. The molecule has 24 heavy (non-hydrogen) atoms. The quantitative estimate of drug-likeness (QED) is 0.525. The Balaban J connectivity index is 2.10. The van der Waals surface area contributed by atoms with Gasteiger partial charge >= 0.3 is 0 Å². The van der Waals surface area contributed by atoms with Crippen molar-refractivity contribution in [1.29, 1.82) is 0 Å². The summed E-state index contributed by atoms with van der Waals surface area (Å²) in [5.41, 5.74) is 7.40. The largest absolute Gasteiger partial charge is 0.371 e. The van der Waals surface area contributed by atoms with Crippen molar-refractivity contribution < 1.29 is 0 Å². The molecule has 1 atom stereocenters. The van der Waals surface area contributed by atoms with Crippen LogP contribution in [0.3, 0.4) is 0 Å². The van der Waals surface area contributed by atoms with E-state index in [9.17, 15) is 0 Å². The van der Waals surface area contributed by atoms with Crippen LogP contribution in [0.4, 0.5) is 11.4 Å². The number of nitrogens with one attached hydrogen (secondary N) is 1. The normalized spacial score (nSPS) is 15.0. The van der Waals surface area contributed by atoms with Gasteiger partial charge in [-0.15, -0.1) is 0 Å². The lowest BCUT2D eigenvalue weighted by Crippen LogP contribution is -2.27. The summed E-state index contributed by atoms with van der Waals surface area (Å²) < 4.78 is 0. The summed E-state index contributed by atoms with van der Waals surface area (Å²) in [6.07, 6.45) is 13.0. The Bertz CT molecular complexity index is 647. The number of allylic oxidation sites excluding steroid dienone is 6. The molecule has 1 aliphatic carbocycles. The van der Waals surface area contributed by atoms with Gasteiger partial charge in [-0.2, -0.15) is 0 Å². The molecule has 1 unspecified atom stereocenters. The molecule has 0 bridgehead atoms. The van der Waals surface area contributed by atoms with E-state index >= 15 is 0 Å². The van der Waals surface area contributed by atoms with E-state index in [-0.39, 0.29) is 0 Å². The number of hydrogen-bond acceptors (Lipinski definition) is 3. The molecular formula is C20H28ClN3. The summed E-state index contributed by atoms with van der Waals surface area (Å²) >= 11 is 6.26. The van der Waals surface area contributed by atoms with Gasteiger partial charge in [0.15, 0.2) is 0 Å². The molecule has 0 saturated heterocycles. The molecule has 4 heteroatoms. The Morgan fingerprint density at radius 3 is 2.79 bits per heavy atom. The van der Waals surface area contributed by atoms with Gasteiger partial charge in [0.25, 0.3) is 0 Å². The second-order valence-corrected chi connectivity index (χ2v) is 6.71. The lowest BCUT2D eigenvalue weighted by atomic mass is 9.94. The number of halogens is 1. The molecule has 0 fully saturated rings. The summed E-state index contributed by atoms with van der Waals surface area (Å²) in [5, 5.41) is 0.705. The average molecular weight is 346 g/mol. The van der Waals surface area contributed by atoms with Crippen molar-refractivity contribution in [2.45, 2.75) is 33.6 Å². The van der Waals surface area contributed by atoms with Gasteiger partial charge in [-0.25, -0.2) is 0 Å². The Hall–Kier alpha value is -1.71. The molecule has 2 rings (SSSR count). The highest BCUT2D eigenvalue weighted by molar-refractivity contribution is 6.31. The van der Waals surface area contributed by atoms with E-state index in [4.69, 9.17) is 17.4 Å². The molecule has 3 nitrogen and oxygen atoms in total. The third-order valence-electron chi connectivity index (χ3n) is 4.71. The van der Waals surface area contributed by atoms with Crippen LogP contribution < -0.4 is 16.2 Å². The summed E-state index contributed by atoms with van der Waals surface area (Å²) in [6.45, 7) is 8.50. The van der Waals surface area contributed by atoms with Gasteiger partial charge in [-0.1, -0.05) is 54.5 Å². The van der Waals surface area contributed by atoms with E-state index < -0.39 is 0 Å². The predicted molar refractivity (Wildman–Crippen MR) is 107 cm³/mol. The topological polar surface area (TPSA) is 41.3 Å². The van der Waals surface area contributed by atoms with Crippen molar-refractivity contribution in [2.24, 2.45) is 11.8 Å². The third-order valence-corrected chi connectivity index (χ3v) is 4.93. The molecule has 1 aliphatic rings. The highest BCUT2D eigenvalue weighted by Crippen LogP contribution is 2.31. The molecule has 1 aromatic carbocycles. The van der Waals surface area contributed by atoms with Crippen molar-refractivity contribution in [3.63, 3.8) is 0 Å². The number of nitrogen functional groups attached to an aromatic ring is 1. The van der Waals surface area contributed by atoms with E-state index in [0.29, 0.717) is 10.9 Å². The van der Waals surface area contributed by atoms with E-state index in [1.165, 1.54) is 5.57 Å². The summed E-state index contributed by atoms with van der Waals surface area (Å²) in [7, 11) is 0. The molecule has 130 valence electrons. The lowest BCUT2D eigenvalue weighted by molar-refractivity contribution is 0.590. The standard InChI is InChI=1S/C20H28ClN3/c1-4-24(20-14-18(21)13-19(23-22)16(20)3)12-11-15(2)17-9-7-5-6-8-10-17/h5-9,13-15,23H,4,10-12,22H2,1-3H3. The first-order valence-corrected chi connectivity index (χ1v) is 8.98. The van der Waals surface area contributed by atoms with Crippen LogP contribution in [0.5, 0.6) is 0 Å². The van der Waals surface area contributed by atoms with Crippen LogP contribution in [0.1, 0.15) is 32.3 Å². The minimum Gasteiger partial charge on any atom is -0.371 e. The molecule has 0 heterocycles. The molecule has 0 spiro atoms. The van der Waals surface area contributed by atoms with Crippen LogP contribution in [0, 0.1) is 12.8 Å². The van der Waals surface area contributed by atoms with Gasteiger partial charge in [-0.3, -0.25) is 5.84 Å². The Morgan fingerprint density at radius 1 is 1.29 bits per heavy atom. The Labute approximate surface area is 150 Å². The van der Waals surface area contributed by atoms with Gasteiger partial charge in [0.05, 0.1) is 5.69 Å². The van der Waals surface area contributed by atoms with E-state index in [2.05, 4.69) is 61.5 Å². The van der Waals surface area contributed by atoms with Gasteiger partial charge < -0.3 is 10.3 Å². The average Bonchev–Trinajstić information content (AvgIpc) is 2.87. The molecule has 0 aromatic heterocycles. The fourth-order valence-corrected chi connectivity index (χ4v) is 3.30. The monoisotopic (exact) mass is 345 g/mol. The SMILES string of the molecule is CCN(CCC(C)C1=CC=CC=CC1)c1cc(Cl)cc(NN)c1C. The molecule has 0 amide bonds. The zero-order valence-electron chi connectivity index (χ0n) is 14.8. The van der Waals surface area contributed by atoms with Crippen molar-refractivity contribution in [2.75, 3.05) is 23.4 Å². The van der Waals surface area contributed by atoms with Gasteiger partial charge in [0.1, 0.15) is 0 Å². The lowest BCUT2D eigenvalue weighted by Gasteiger charge is -2.28. The molecule has 1 aromatic rings. The maximum atomic E-state index is 6.26. The Morgan fingerprint density at radius 2 is 2.08 bits per heavy atom. The maximum absolute atomic E-state index is 6.26. The zero-order chi connectivity index (χ0) is 17.5. The molecule has 0 saturated carbocycles.